The quantitative estimate of drug-likeness (QED) is 0.739. The molecule has 2 aromatic rings. The lowest BCUT2D eigenvalue weighted by atomic mass is 10.2. The molecule has 0 spiro atoms. The third-order valence-electron chi connectivity index (χ3n) is 1.93. The molecule has 0 aliphatic rings. The number of benzene rings is 1. The van der Waals surface area contributed by atoms with E-state index in [0.29, 0.717) is 11.0 Å². The molecular weight excluding hydrogens is 216 g/mol. The standard InChI is InChI=1S/C10H5ClN2O2/c11-13-10-7(5-12)3-6-4-8(14)1-2-9(6)15-10/h1-4,14H/b13-10-. The van der Waals surface area contributed by atoms with E-state index in [0.717, 1.165) is 0 Å². The number of hydrogen-bond acceptors (Lipinski definition) is 4. The normalized spacial score (nSPS) is 11.6. The van der Waals surface area contributed by atoms with Gasteiger partial charge in [0.15, 0.2) is 0 Å². The zero-order chi connectivity index (χ0) is 10.8. The first-order chi connectivity index (χ1) is 7.24. The lowest BCUT2D eigenvalue weighted by Gasteiger charge is -1.98. The van der Waals surface area contributed by atoms with E-state index in [1.807, 2.05) is 6.07 Å². The number of phenols is 1. The Morgan fingerprint density at radius 3 is 2.87 bits per heavy atom. The van der Waals surface area contributed by atoms with E-state index in [1.165, 1.54) is 12.1 Å². The second-order valence-electron chi connectivity index (χ2n) is 2.88. The molecule has 0 aliphatic carbocycles. The minimum absolute atomic E-state index is 0.0670. The van der Waals surface area contributed by atoms with Crippen molar-refractivity contribution in [1.29, 1.82) is 5.26 Å². The molecule has 4 nitrogen and oxygen atoms in total. The Bertz CT molecular complexity index is 625. The number of nitriles is 1. The van der Waals surface area contributed by atoms with E-state index in [1.54, 1.807) is 12.1 Å². The van der Waals surface area contributed by atoms with E-state index < -0.39 is 0 Å². The van der Waals surface area contributed by atoms with Gasteiger partial charge in [0.05, 0.1) is 0 Å². The first-order valence-electron chi connectivity index (χ1n) is 4.06. The zero-order valence-corrected chi connectivity index (χ0v) is 8.19. The molecule has 15 heavy (non-hydrogen) atoms. The summed E-state index contributed by atoms with van der Waals surface area (Å²) >= 11 is 5.27. The van der Waals surface area contributed by atoms with Crippen LogP contribution >= 0.6 is 11.8 Å². The minimum Gasteiger partial charge on any atom is -0.508 e. The number of fused-ring (bicyclic) bond motifs is 1. The first-order valence-corrected chi connectivity index (χ1v) is 4.40. The molecule has 1 heterocycles. The number of rotatable bonds is 0. The van der Waals surface area contributed by atoms with Gasteiger partial charge in [0.1, 0.15) is 23.0 Å². The molecule has 0 unspecified atom stereocenters. The molecule has 0 atom stereocenters. The molecule has 1 aromatic carbocycles. The molecule has 1 aromatic heterocycles. The van der Waals surface area contributed by atoms with Crippen molar-refractivity contribution in [3.8, 4) is 11.8 Å². The average molecular weight is 221 g/mol. The summed E-state index contributed by atoms with van der Waals surface area (Å²) < 4.78 is 8.59. The molecule has 0 radical (unpaired) electrons. The summed E-state index contributed by atoms with van der Waals surface area (Å²) in [6.45, 7) is 0. The summed E-state index contributed by atoms with van der Waals surface area (Å²) in [5, 5.41) is 18.7. The highest BCUT2D eigenvalue weighted by atomic mass is 35.5. The Morgan fingerprint density at radius 1 is 1.40 bits per heavy atom. The van der Waals surface area contributed by atoms with Crippen LogP contribution < -0.4 is 5.55 Å². The van der Waals surface area contributed by atoms with Crippen LogP contribution in [0.3, 0.4) is 0 Å². The number of aromatic hydroxyl groups is 1. The minimum atomic E-state index is 0.0670. The Balaban J connectivity index is 2.89. The maximum Gasteiger partial charge on any atom is 0.249 e. The summed E-state index contributed by atoms with van der Waals surface area (Å²) in [7, 11) is 0. The maximum atomic E-state index is 9.25. The van der Waals surface area contributed by atoms with Crippen LogP contribution in [0.4, 0.5) is 0 Å². The van der Waals surface area contributed by atoms with E-state index in [2.05, 4.69) is 4.51 Å². The highest BCUT2D eigenvalue weighted by molar-refractivity contribution is 6.14. The van der Waals surface area contributed by atoms with Gasteiger partial charge in [0.2, 0.25) is 5.55 Å². The van der Waals surface area contributed by atoms with Gasteiger partial charge in [0, 0.05) is 17.2 Å². The maximum absolute atomic E-state index is 9.25. The highest BCUT2D eigenvalue weighted by Crippen LogP contribution is 2.19. The van der Waals surface area contributed by atoms with Crippen LogP contribution in [-0.2, 0) is 0 Å². The Labute approximate surface area is 89.8 Å². The zero-order valence-electron chi connectivity index (χ0n) is 7.44. The largest absolute Gasteiger partial charge is 0.508 e. The topological polar surface area (TPSA) is 69.5 Å². The van der Waals surface area contributed by atoms with Crippen molar-refractivity contribution in [2.24, 2.45) is 4.51 Å². The van der Waals surface area contributed by atoms with Gasteiger partial charge in [-0.1, -0.05) is 0 Å². The van der Waals surface area contributed by atoms with Gasteiger partial charge in [-0.25, -0.2) is 0 Å². The Kier molecular flexibility index (Phi) is 2.32. The fourth-order valence-corrected chi connectivity index (χ4v) is 1.39. The Morgan fingerprint density at radius 2 is 2.20 bits per heavy atom. The van der Waals surface area contributed by atoms with Crippen molar-refractivity contribution in [3.05, 3.63) is 35.4 Å². The van der Waals surface area contributed by atoms with Gasteiger partial charge in [0.25, 0.3) is 0 Å². The number of phenolic OH excluding ortho intramolecular Hbond substituents is 1. The van der Waals surface area contributed by atoms with Crippen LogP contribution in [0.15, 0.2) is 33.2 Å². The molecule has 5 heteroatoms. The third-order valence-corrected chi connectivity index (χ3v) is 2.08. The number of halogens is 1. The lowest BCUT2D eigenvalue weighted by Crippen LogP contribution is -2.04. The summed E-state index contributed by atoms with van der Waals surface area (Å²) in [6.07, 6.45) is 0. The number of nitrogens with zero attached hydrogens (tertiary/aromatic N) is 2. The summed E-state index contributed by atoms with van der Waals surface area (Å²) in [5.74, 6) is 0.108. The lowest BCUT2D eigenvalue weighted by molar-refractivity contribution is 0.475. The van der Waals surface area contributed by atoms with Gasteiger partial charge in [-0.05, 0) is 24.3 Å². The van der Waals surface area contributed by atoms with E-state index >= 15 is 0 Å². The molecule has 0 aliphatic heterocycles. The molecule has 0 bridgehead atoms. The van der Waals surface area contributed by atoms with Gasteiger partial charge in [-0.3, -0.25) is 0 Å². The van der Waals surface area contributed by atoms with Crippen LogP contribution in [0, 0.1) is 11.3 Å². The fraction of sp³-hybridized carbons (Fsp3) is 0. The first kappa shape index (κ1) is 9.56. The van der Waals surface area contributed by atoms with Crippen LogP contribution in [0.1, 0.15) is 5.56 Å². The fourth-order valence-electron chi connectivity index (χ4n) is 1.26. The van der Waals surface area contributed by atoms with Crippen molar-refractivity contribution in [2.75, 3.05) is 0 Å². The number of hydrogen-bond donors (Lipinski definition) is 1. The second kappa shape index (κ2) is 3.64. The predicted octanol–water partition coefficient (Wildman–Crippen LogP) is 2.06. The van der Waals surface area contributed by atoms with Crippen molar-refractivity contribution in [3.63, 3.8) is 0 Å². The molecule has 0 saturated heterocycles. The van der Waals surface area contributed by atoms with Crippen molar-refractivity contribution in [2.45, 2.75) is 0 Å². The van der Waals surface area contributed by atoms with E-state index in [4.69, 9.17) is 21.5 Å². The monoisotopic (exact) mass is 220 g/mol. The summed E-state index contributed by atoms with van der Waals surface area (Å²) in [5.41, 5.74) is 0.798. The van der Waals surface area contributed by atoms with Gasteiger partial charge in [-0.15, -0.1) is 4.51 Å². The molecule has 0 fully saturated rings. The van der Waals surface area contributed by atoms with Crippen LogP contribution in [0.5, 0.6) is 5.75 Å². The molecule has 74 valence electrons. The van der Waals surface area contributed by atoms with Crippen LogP contribution in [0.2, 0.25) is 0 Å². The third kappa shape index (κ3) is 1.65. The predicted molar refractivity (Wildman–Crippen MR) is 54.0 cm³/mol. The highest BCUT2D eigenvalue weighted by Gasteiger charge is 2.03. The van der Waals surface area contributed by atoms with Crippen molar-refractivity contribution >= 4 is 22.7 Å². The van der Waals surface area contributed by atoms with Crippen molar-refractivity contribution < 1.29 is 9.52 Å². The molecule has 0 amide bonds. The molecule has 0 saturated carbocycles. The van der Waals surface area contributed by atoms with Gasteiger partial charge < -0.3 is 9.52 Å². The smallest absolute Gasteiger partial charge is 0.249 e. The van der Waals surface area contributed by atoms with Gasteiger partial charge >= 0.3 is 0 Å². The average Bonchev–Trinajstić information content (AvgIpc) is 2.27. The van der Waals surface area contributed by atoms with Gasteiger partial charge in [-0.2, -0.15) is 5.26 Å². The summed E-state index contributed by atoms with van der Waals surface area (Å²) in [4.78, 5) is 0. The van der Waals surface area contributed by atoms with E-state index in [9.17, 15) is 5.11 Å². The molecular formula is C10H5ClN2O2. The second-order valence-corrected chi connectivity index (χ2v) is 3.05. The SMILES string of the molecule is N#Cc1cc2cc(O)ccc2o/c1=N\Cl. The van der Waals surface area contributed by atoms with Crippen LogP contribution in [0.25, 0.3) is 11.0 Å². The summed E-state index contributed by atoms with van der Waals surface area (Å²) in [6, 6.07) is 8.02. The van der Waals surface area contributed by atoms with Crippen molar-refractivity contribution in [1.82, 2.24) is 0 Å². The van der Waals surface area contributed by atoms with Crippen LogP contribution in [-0.4, -0.2) is 5.11 Å². The molecule has 2 rings (SSSR count). The van der Waals surface area contributed by atoms with E-state index in [-0.39, 0.29) is 16.9 Å². The Hall–Kier alpha value is -1.99. The molecule has 1 N–H and O–H groups in total.